The van der Waals surface area contributed by atoms with Crippen molar-refractivity contribution in [3.05, 3.63) is 11.9 Å². The fraction of sp³-hybridized carbons (Fsp3) is 0.750. The lowest BCUT2D eigenvalue weighted by Crippen LogP contribution is -2.54. The van der Waals surface area contributed by atoms with Gasteiger partial charge in [0.15, 0.2) is 0 Å². The highest BCUT2D eigenvalue weighted by atomic mass is 32.2. The van der Waals surface area contributed by atoms with E-state index in [1.54, 1.807) is 24.5 Å². The van der Waals surface area contributed by atoms with Gasteiger partial charge in [-0.15, -0.1) is 0 Å². The van der Waals surface area contributed by atoms with Gasteiger partial charge in [-0.1, -0.05) is 6.42 Å². The lowest BCUT2D eigenvalue weighted by molar-refractivity contribution is 0.0902. The summed E-state index contributed by atoms with van der Waals surface area (Å²) in [5.41, 5.74) is 0.520. The van der Waals surface area contributed by atoms with Crippen molar-refractivity contribution >= 4 is 16.1 Å². The van der Waals surface area contributed by atoms with Crippen LogP contribution in [0.3, 0.4) is 0 Å². The minimum atomic E-state index is -3.58. The number of rotatable bonds is 4. The molecule has 9 nitrogen and oxygen atoms in total. The average Bonchev–Trinajstić information content (AvgIpc) is 2.95. The molecular weight excluding hydrogens is 358 g/mol. The van der Waals surface area contributed by atoms with Crippen molar-refractivity contribution in [2.75, 3.05) is 39.3 Å². The molecule has 2 aliphatic rings. The Balaban J connectivity index is 1.72. The number of hydrogen-bond donors (Lipinski definition) is 1. The lowest BCUT2D eigenvalue weighted by atomic mass is 10.0. The zero-order chi connectivity index (χ0) is 18.9. The molecule has 3 rings (SSSR count). The normalized spacial score (nSPS) is 23.3. The maximum absolute atomic E-state index is 13.2. The van der Waals surface area contributed by atoms with E-state index in [-0.39, 0.29) is 10.9 Å². The quantitative estimate of drug-likeness (QED) is 0.813. The van der Waals surface area contributed by atoms with E-state index in [0.29, 0.717) is 45.0 Å². The first-order valence-corrected chi connectivity index (χ1v) is 10.5. The van der Waals surface area contributed by atoms with E-state index in [0.717, 1.165) is 19.3 Å². The van der Waals surface area contributed by atoms with Crippen LogP contribution in [0, 0.1) is 6.92 Å². The van der Waals surface area contributed by atoms with Crippen LogP contribution in [0.25, 0.3) is 0 Å². The maximum atomic E-state index is 13.2. The Hall–Kier alpha value is -1.65. The number of aromatic nitrogens is 2. The molecule has 3 heterocycles. The van der Waals surface area contributed by atoms with Gasteiger partial charge in [-0.2, -0.15) is 9.40 Å². The highest BCUT2D eigenvalue weighted by Crippen LogP contribution is 2.27. The molecule has 2 saturated heterocycles. The van der Waals surface area contributed by atoms with Gasteiger partial charge >= 0.3 is 6.09 Å². The molecule has 10 heteroatoms. The Morgan fingerprint density at radius 1 is 1.23 bits per heavy atom. The predicted octanol–water partition coefficient (Wildman–Crippen LogP) is 0.567. The third kappa shape index (κ3) is 3.86. The van der Waals surface area contributed by atoms with Crippen LogP contribution in [0.5, 0.6) is 0 Å². The number of piperidine rings is 1. The van der Waals surface area contributed by atoms with Crippen LogP contribution in [0.4, 0.5) is 4.79 Å². The molecule has 2 fully saturated rings. The molecule has 0 saturated carbocycles. The maximum Gasteiger partial charge on any atom is 0.407 e. The Morgan fingerprint density at radius 3 is 2.50 bits per heavy atom. The van der Waals surface area contributed by atoms with Crippen molar-refractivity contribution in [3.63, 3.8) is 0 Å². The third-order valence-corrected chi connectivity index (χ3v) is 7.29. The molecule has 0 aliphatic carbocycles. The molecule has 1 unspecified atom stereocenters. The summed E-state index contributed by atoms with van der Waals surface area (Å²) in [6, 6.07) is -0.0789. The van der Waals surface area contributed by atoms with Gasteiger partial charge in [0.1, 0.15) is 4.90 Å². The molecule has 0 spiro atoms. The molecule has 26 heavy (non-hydrogen) atoms. The lowest BCUT2D eigenvalue weighted by Gasteiger charge is -2.40. The summed E-state index contributed by atoms with van der Waals surface area (Å²) in [7, 11) is -1.85. The van der Waals surface area contributed by atoms with E-state index in [4.69, 9.17) is 5.11 Å². The number of amides is 1. The zero-order valence-corrected chi connectivity index (χ0v) is 16.2. The summed E-state index contributed by atoms with van der Waals surface area (Å²) in [6.07, 6.45) is 3.39. The van der Waals surface area contributed by atoms with E-state index in [2.05, 4.69) is 10.00 Å². The van der Waals surface area contributed by atoms with Crippen LogP contribution >= 0.6 is 0 Å². The molecule has 1 N–H and O–H groups in total. The van der Waals surface area contributed by atoms with Crippen LogP contribution in [0.1, 0.15) is 25.0 Å². The minimum absolute atomic E-state index is 0.0789. The Kier molecular flexibility index (Phi) is 5.54. The van der Waals surface area contributed by atoms with Gasteiger partial charge in [0.2, 0.25) is 10.0 Å². The Morgan fingerprint density at radius 2 is 1.92 bits per heavy atom. The van der Waals surface area contributed by atoms with E-state index in [1.165, 1.54) is 9.58 Å². The number of piperazine rings is 1. The van der Waals surface area contributed by atoms with E-state index in [9.17, 15) is 13.2 Å². The molecule has 0 aromatic carbocycles. The zero-order valence-electron chi connectivity index (χ0n) is 15.3. The third-order valence-electron chi connectivity index (χ3n) is 5.24. The molecule has 2 aliphatic heterocycles. The van der Waals surface area contributed by atoms with Crippen molar-refractivity contribution in [3.8, 4) is 0 Å². The largest absolute Gasteiger partial charge is 0.465 e. The van der Waals surface area contributed by atoms with Gasteiger partial charge in [-0.3, -0.25) is 9.58 Å². The SMILES string of the molecule is Cc1nn(C)cc1S(=O)(=O)N1CCCCC1CN1CCN(C(=O)O)CC1. The van der Waals surface area contributed by atoms with Crippen molar-refractivity contribution in [1.82, 2.24) is 23.9 Å². The number of aryl methyl sites for hydroxylation is 2. The first kappa shape index (κ1) is 19.1. The molecular formula is C16H27N5O4S. The summed E-state index contributed by atoms with van der Waals surface area (Å²) >= 11 is 0. The Labute approximate surface area is 154 Å². The fourth-order valence-corrected chi connectivity index (χ4v) is 5.74. The van der Waals surface area contributed by atoms with Gasteiger partial charge in [-0.05, 0) is 19.8 Å². The van der Waals surface area contributed by atoms with Gasteiger partial charge in [0.25, 0.3) is 0 Å². The second-order valence-electron chi connectivity index (χ2n) is 7.09. The van der Waals surface area contributed by atoms with E-state index in [1.807, 2.05) is 0 Å². The van der Waals surface area contributed by atoms with Gasteiger partial charge in [0, 0.05) is 58.6 Å². The number of carboxylic acid groups (broad SMARTS) is 1. The highest BCUT2D eigenvalue weighted by molar-refractivity contribution is 7.89. The summed E-state index contributed by atoms with van der Waals surface area (Å²) in [5, 5.41) is 13.2. The monoisotopic (exact) mass is 385 g/mol. The van der Waals surface area contributed by atoms with E-state index < -0.39 is 16.1 Å². The van der Waals surface area contributed by atoms with Gasteiger partial charge < -0.3 is 10.0 Å². The van der Waals surface area contributed by atoms with Crippen LogP contribution < -0.4 is 0 Å². The van der Waals surface area contributed by atoms with Crippen LogP contribution in [-0.4, -0.2) is 88.8 Å². The van der Waals surface area contributed by atoms with Crippen LogP contribution in [0.15, 0.2) is 11.1 Å². The second kappa shape index (κ2) is 7.53. The molecule has 0 bridgehead atoms. The predicted molar refractivity (Wildman–Crippen MR) is 95.5 cm³/mol. The van der Waals surface area contributed by atoms with Gasteiger partial charge in [-0.25, -0.2) is 13.2 Å². The molecule has 146 valence electrons. The summed E-state index contributed by atoms with van der Waals surface area (Å²) < 4.78 is 29.5. The summed E-state index contributed by atoms with van der Waals surface area (Å²) in [5.74, 6) is 0. The van der Waals surface area contributed by atoms with Crippen molar-refractivity contribution in [2.24, 2.45) is 7.05 Å². The summed E-state index contributed by atoms with van der Waals surface area (Å²) in [4.78, 5) is 14.9. The molecule has 1 aromatic heterocycles. The summed E-state index contributed by atoms with van der Waals surface area (Å²) in [6.45, 7) is 5.11. The van der Waals surface area contributed by atoms with Crippen molar-refractivity contribution < 1.29 is 18.3 Å². The highest BCUT2D eigenvalue weighted by Gasteiger charge is 2.36. The van der Waals surface area contributed by atoms with Crippen LogP contribution in [0.2, 0.25) is 0 Å². The van der Waals surface area contributed by atoms with Crippen LogP contribution in [-0.2, 0) is 17.1 Å². The number of carbonyl (C=O) groups is 1. The van der Waals surface area contributed by atoms with Gasteiger partial charge in [0.05, 0.1) is 5.69 Å². The van der Waals surface area contributed by atoms with Crippen molar-refractivity contribution in [2.45, 2.75) is 37.1 Å². The minimum Gasteiger partial charge on any atom is -0.465 e. The average molecular weight is 385 g/mol. The Bertz CT molecular complexity index is 755. The van der Waals surface area contributed by atoms with E-state index >= 15 is 0 Å². The molecule has 0 radical (unpaired) electrons. The molecule has 1 atom stereocenters. The second-order valence-corrected chi connectivity index (χ2v) is 8.95. The molecule has 1 aromatic rings. The number of hydrogen-bond acceptors (Lipinski definition) is 5. The van der Waals surface area contributed by atoms with Crippen molar-refractivity contribution in [1.29, 1.82) is 0 Å². The fourth-order valence-electron chi connectivity index (χ4n) is 3.85. The topological polar surface area (TPSA) is 99.0 Å². The number of sulfonamides is 1. The first-order chi connectivity index (χ1) is 12.3. The first-order valence-electron chi connectivity index (χ1n) is 9.01. The number of nitrogens with zero attached hydrogens (tertiary/aromatic N) is 5. The smallest absolute Gasteiger partial charge is 0.407 e. The molecule has 1 amide bonds. The standard InChI is InChI=1S/C16H27N5O4S/c1-13-15(12-18(2)17-13)26(24,25)21-6-4-3-5-14(21)11-19-7-9-20(10-8-19)16(22)23/h12,14H,3-11H2,1-2H3,(H,22,23).